The molecule has 0 fully saturated rings. The highest BCUT2D eigenvalue weighted by atomic mass is 32.2. The van der Waals surface area contributed by atoms with Crippen LogP contribution in [0.4, 0.5) is 0 Å². The van der Waals surface area contributed by atoms with Gasteiger partial charge in [0.25, 0.3) is 5.91 Å². The van der Waals surface area contributed by atoms with E-state index < -0.39 is 5.44 Å². The molecule has 0 spiro atoms. The molecule has 0 radical (unpaired) electrons. The predicted octanol–water partition coefficient (Wildman–Crippen LogP) is 2.39. The van der Waals surface area contributed by atoms with Crippen molar-refractivity contribution in [2.45, 2.75) is 32.2 Å². The van der Waals surface area contributed by atoms with Crippen molar-refractivity contribution in [1.29, 1.82) is 5.26 Å². The molecule has 1 atom stereocenters. The summed E-state index contributed by atoms with van der Waals surface area (Å²) in [6, 6.07) is 7.33. The molecular weight excluding hydrogens is 366 g/mol. The number of rotatable bonds is 14. The van der Waals surface area contributed by atoms with E-state index >= 15 is 0 Å². The average Bonchev–Trinajstić information content (AvgIpc) is 2.66. The third kappa shape index (κ3) is 10.8. The van der Waals surface area contributed by atoms with E-state index in [9.17, 15) is 4.79 Å². The van der Waals surface area contributed by atoms with E-state index in [0.29, 0.717) is 50.3 Å². The number of amides is 1. The molecular formula is C19H29N3O4S. The fourth-order valence-electron chi connectivity index (χ4n) is 2.09. The van der Waals surface area contributed by atoms with Crippen molar-refractivity contribution in [2.75, 3.05) is 39.5 Å². The molecule has 1 unspecified atom stereocenters. The molecule has 8 heteroatoms. The number of thioether (sulfide) groups is 1. The lowest BCUT2D eigenvalue weighted by atomic mass is 10.2. The molecule has 150 valence electrons. The number of nitrogens with zero attached hydrogens (tertiary/aromatic N) is 1. The van der Waals surface area contributed by atoms with Crippen LogP contribution in [0.3, 0.4) is 0 Å². The summed E-state index contributed by atoms with van der Waals surface area (Å²) in [5, 5.41) is 17.0. The molecule has 1 rings (SSSR count). The van der Waals surface area contributed by atoms with Gasteiger partial charge in [0, 0.05) is 31.3 Å². The third-order valence-electron chi connectivity index (χ3n) is 3.37. The van der Waals surface area contributed by atoms with E-state index in [1.165, 1.54) is 0 Å². The number of ether oxygens (including phenoxy) is 3. The van der Waals surface area contributed by atoms with Crippen molar-refractivity contribution >= 4 is 17.7 Å². The summed E-state index contributed by atoms with van der Waals surface area (Å²) in [5.41, 5.74) is 0.105. The molecule has 0 aliphatic carbocycles. The van der Waals surface area contributed by atoms with E-state index in [1.807, 2.05) is 12.3 Å². The number of nitriles is 1. The molecule has 0 aliphatic heterocycles. The topological polar surface area (TPSA) is 92.6 Å². The number of hydrogen-bond donors (Lipinski definition) is 2. The first-order valence-electron chi connectivity index (χ1n) is 9.05. The number of carbonyl (C=O) groups excluding carboxylic acids is 1. The predicted molar refractivity (Wildman–Crippen MR) is 107 cm³/mol. The minimum absolute atomic E-state index is 0.151. The van der Waals surface area contributed by atoms with Gasteiger partial charge in [-0.1, -0.05) is 19.9 Å². The van der Waals surface area contributed by atoms with Crippen LogP contribution in [0.5, 0.6) is 5.75 Å². The van der Waals surface area contributed by atoms with Gasteiger partial charge in [0.05, 0.1) is 13.2 Å². The van der Waals surface area contributed by atoms with Crippen molar-refractivity contribution in [3.05, 3.63) is 29.8 Å². The number of thiocyanates is 1. The zero-order valence-electron chi connectivity index (χ0n) is 16.2. The average molecular weight is 396 g/mol. The minimum Gasteiger partial charge on any atom is -0.490 e. The summed E-state index contributed by atoms with van der Waals surface area (Å²) in [5.74, 6) is 0.404. The fraction of sp³-hybridized carbons (Fsp3) is 0.579. The second-order valence-corrected chi connectivity index (χ2v) is 6.85. The Balaban J connectivity index is 2.47. The third-order valence-corrected chi connectivity index (χ3v) is 4.01. The van der Waals surface area contributed by atoms with Crippen molar-refractivity contribution in [1.82, 2.24) is 10.6 Å². The van der Waals surface area contributed by atoms with Gasteiger partial charge >= 0.3 is 0 Å². The molecule has 0 bridgehead atoms. The van der Waals surface area contributed by atoms with Gasteiger partial charge in [-0.15, -0.1) is 0 Å². The van der Waals surface area contributed by atoms with Crippen LogP contribution in [0.25, 0.3) is 0 Å². The molecule has 0 heterocycles. The van der Waals surface area contributed by atoms with Crippen LogP contribution in [-0.4, -0.2) is 56.9 Å². The Bertz CT molecular complexity index is 593. The van der Waals surface area contributed by atoms with Gasteiger partial charge in [0.1, 0.15) is 17.8 Å². The Kier molecular flexibility index (Phi) is 12.3. The van der Waals surface area contributed by atoms with E-state index in [4.69, 9.17) is 19.5 Å². The molecule has 1 aromatic carbocycles. The summed E-state index contributed by atoms with van der Waals surface area (Å²) in [6.45, 7) is 8.98. The molecule has 0 saturated heterocycles. The highest BCUT2D eigenvalue weighted by Crippen LogP contribution is 2.17. The lowest BCUT2D eigenvalue weighted by Crippen LogP contribution is -2.34. The smallest absolute Gasteiger partial charge is 0.251 e. The summed E-state index contributed by atoms with van der Waals surface area (Å²) in [4.78, 5) is 12.2. The van der Waals surface area contributed by atoms with Gasteiger partial charge in [0.15, 0.2) is 5.44 Å². The summed E-state index contributed by atoms with van der Waals surface area (Å²) >= 11 is 0.997. The zero-order valence-corrected chi connectivity index (χ0v) is 17.0. The van der Waals surface area contributed by atoms with Crippen LogP contribution in [0.15, 0.2) is 24.3 Å². The summed E-state index contributed by atoms with van der Waals surface area (Å²) < 4.78 is 16.5. The second kappa shape index (κ2) is 14.3. The van der Waals surface area contributed by atoms with Crippen LogP contribution < -0.4 is 15.4 Å². The fourth-order valence-corrected chi connectivity index (χ4v) is 2.51. The maximum Gasteiger partial charge on any atom is 0.251 e. The molecule has 0 aliphatic rings. The Hall–Kier alpha value is -1.79. The van der Waals surface area contributed by atoms with Crippen LogP contribution in [0.2, 0.25) is 0 Å². The van der Waals surface area contributed by atoms with Crippen LogP contribution in [0.1, 0.15) is 31.1 Å². The summed E-state index contributed by atoms with van der Waals surface area (Å²) in [7, 11) is 0. The standard InChI is InChI=1S/C19H29N3O4S/c1-4-24-10-11-25-18(27-14-20)13-26-17-7-5-6-16(12-17)19(23)22-9-8-21-15(2)3/h5-7,12,15,18,21H,4,8-11,13H2,1-3H3,(H,22,23). The van der Waals surface area contributed by atoms with Crippen molar-refractivity contribution in [2.24, 2.45) is 0 Å². The number of benzene rings is 1. The normalized spacial score (nSPS) is 11.8. The second-order valence-electron chi connectivity index (χ2n) is 5.91. The first-order valence-corrected chi connectivity index (χ1v) is 9.93. The monoisotopic (exact) mass is 395 g/mol. The van der Waals surface area contributed by atoms with Gasteiger partial charge in [-0.05, 0) is 36.9 Å². The van der Waals surface area contributed by atoms with E-state index in [-0.39, 0.29) is 12.5 Å². The van der Waals surface area contributed by atoms with Crippen LogP contribution in [0, 0.1) is 10.7 Å². The maximum absolute atomic E-state index is 12.2. The van der Waals surface area contributed by atoms with Gasteiger partial charge in [-0.2, -0.15) is 5.26 Å². The first kappa shape index (κ1) is 23.2. The largest absolute Gasteiger partial charge is 0.490 e. The Morgan fingerprint density at radius 3 is 2.81 bits per heavy atom. The van der Waals surface area contributed by atoms with Gasteiger partial charge in [-0.3, -0.25) is 4.79 Å². The van der Waals surface area contributed by atoms with E-state index in [0.717, 1.165) is 11.8 Å². The SMILES string of the molecule is CCOCCOC(COc1cccc(C(=O)NCCNC(C)C)c1)SC#N. The van der Waals surface area contributed by atoms with Crippen molar-refractivity contribution in [3.8, 4) is 11.2 Å². The molecule has 2 N–H and O–H groups in total. The number of nitrogens with one attached hydrogen (secondary N) is 2. The first-order chi connectivity index (χ1) is 13.1. The highest BCUT2D eigenvalue weighted by molar-refractivity contribution is 8.04. The molecule has 0 aromatic heterocycles. The molecule has 7 nitrogen and oxygen atoms in total. The molecule has 1 amide bonds. The summed E-state index contributed by atoms with van der Waals surface area (Å²) in [6.07, 6.45) is 0. The molecule has 1 aromatic rings. The highest BCUT2D eigenvalue weighted by Gasteiger charge is 2.12. The molecule has 0 saturated carbocycles. The Morgan fingerprint density at radius 1 is 1.30 bits per heavy atom. The molecule has 27 heavy (non-hydrogen) atoms. The maximum atomic E-state index is 12.2. The number of hydrogen-bond acceptors (Lipinski definition) is 7. The van der Waals surface area contributed by atoms with Crippen LogP contribution in [-0.2, 0) is 9.47 Å². The van der Waals surface area contributed by atoms with Crippen molar-refractivity contribution < 1.29 is 19.0 Å². The zero-order chi connectivity index (χ0) is 19.9. The minimum atomic E-state index is -0.421. The lowest BCUT2D eigenvalue weighted by Gasteiger charge is -2.15. The lowest BCUT2D eigenvalue weighted by molar-refractivity contribution is 0.0264. The van der Waals surface area contributed by atoms with Gasteiger partial charge in [-0.25, -0.2) is 0 Å². The Morgan fingerprint density at radius 2 is 2.11 bits per heavy atom. The van der Waals surface area contributed by atoms with Gasteiger partial charge in [0.2, 0.25) is 0 Å². The quantitative estimate of drug-likeness (QED) is 0.284. The van der Waals surface area contributed by atoms with Gasteiger partial charge < -0.3 is 24.8 Å². The van der Waals surface area contributed by atoms with Crippen LogP contribution >= 0.6 is 11.8 Å². The number of carbonyl (C=O) groups is 1. The van der Waals surface area contributed by atoms with Crippen molar-refractivity contribution in [3.63, 3.8) is 0 Å². The van der Waals surface area contributed by atoms with E-state index in [2.05, 4.69) is 24.5 Å². The Labute approximate surface area is 165 Å². The van der Waals surface area contributed by atoms with E-state index in [1.54, 1.807) is 24.3 Å².